The Bertz CT molecular complexity index is 291. The molecule has 6 N–H and O–H groups in total. The molecule has 0 bridgehead atoms. The van der Waals surface area contributed by atoms with Gasteiger partial charge >= 0.3 is 15.2 Å². The zero-order valence-corrected chi connectivity index (χ0v) is 12.0. The van der Waals surface area contributed by atoms with E-state index in [1.54, 1.807) is 0 Å². The van der Waals surface area contributed by atoms with Crippen molar-refractivity contribution in [3.8, 4) is 0 Å². The molecular weight excluding hydrogens is 282 g/mol. The number of rotatable bonds is 10. The summed E-state index contributed by atoms with van der Waals surface area (Å²) in [5.41, 5.74) is 5.32. The van der Waals surface area contributed by atoms with Crippen molar-refractivity contribution < 1.29 is 28.7 Å². The molecule has 0 saturated heterocycles. The normalized spacial score (nSPS) is 13.2. The topological polar surface area (TPSA) is 144 Å². The van der Waals surface area contributed by atoms with Gasteiger partial charge in [0.25, 0.3) is 0 Å². The molecule has 0 aromatic rings. The smallest absolute Gasteiger partial charge is 0.330 e. The van der Waals surface area contributed by atoms with Gasteiger partial charge in [-0.2, -0.15) is 0 Å². The first kappa shape index (κ1) is 18.2. The second kappa shape index (κ2) is 8.40. The average Bonchev–Trinajstić information content (AvgIpc) is 2.12. The van der Waals surface area contributed by atoms with Crippen LogP contribution in [0.5, 0.6) is 0 Å². The molecule has 18 heavy (non-hydrogen) atoms. The van der Waals surface area contributed by atoms with Crippen LogP contribution < -0.4 is 5.73 Å². The van der Waals surface area contributed by atoms with E-state index >= 15 is 0 Å². The molecule has 0 unspecified atom stereocenters. The number of hydrogen-bond acceptors (Lipinski definition) is 4. The van der Waals surface area contributed by atoms with E-state index in [1.807, 2.05) is 0 Å². The Kier molecular flexibility index (Phi) is 8.51. The van der Waals surface area contributed by atoms with Crippen LogP contribution in [0.3, 0.4) is 0 Å². The van der Waals surface area contributed by atoms with E-state index in [1.165, 1.54) is 0 Å². The molecule has 0 saturated carbocycles. The summed E-state index contributed by atoms with van der Waals surface area (Å²) in [5.74, 6) is 0. The standard InChI is InChI=1S/C8H22N2O6P2/c9-5-3-1-2-4-6-10(7-17(11,12)13)8-18(14,15)16/h1-9H2,(H2,11,12,13)(H2,14,15,16). The number of nitrogens with two attached hydrogens (primary N) is 1. The van der Waals surface area contributed by atoms with Gasteiger partial charge in [-0.25, -0.2) is 0 Å². The first-order valence-corrected chi connectivity index (χ1v) is 9.25. The first-order valence-electron chi connectivity index (χ1n) is 5.65. The number of hydrogen-bond donors (Lipinski definition) is 5. The van der Waals surface area contributed by atoms with Crippen molar-refractivity contribution in [2.45, 2.75) is 25.7 Å². The molecule has 0 aliphatic rings. The quantitative estimate of drug-likeness (QED) is 0.282. The summed E-state index contributed by atoms with van der Waals surface area (Å²) in [6.07, 6.45) is 1.95. The number of unbranched alkanes of at least 4 members (excludes halogenated alkanes) is 3. The lowest BCUT2D eigenvalue weighted by molar-refractivity contribution is 0.273. The molecule has 110 valence electrons. The highest BCUT2D eigenvalue weighted by Gasteiger charge is 2.25. The Morgan fingerprint density at radius 3 is 1.67 bits per heavy atom. The number of nitrogens with zero attached hydrogens (tertiary/aromatic N) is 1. The second-order valence-corrected chi connectivity index (χ2v) is 7.43. The molecule has 0 aromatic heterocycles. The Morgan fingerprint density at radius 2 is 1.28 bits per heavy atom. The van der Waals surface area contributed by atoms with Crippen LogP contribution in [-0.2, 0) is 9.13 Å². The largest absolute Gasteiger partial charge is 0.339 e. The predicted octanol–water partition coefficient (Wildman–Crippen LogP) is 0.0779. The minimum atomic E-state index is -4.31. The first-order chi connectivity index (χ1) is 8.14. The van der Waals surface area contributed by atoms with Gasteiger partial charge in [0.2, 0.25) is 0 Å². The summed E-state index contributed by atoms with van der Waals surface area (Å²) in [7, 11) is -8.61. The zero-order chi connectivity index (χ0) is 14.2. The van der Waals surface area contributed by atoms with Gasteiger partial charge < -0.3 is 25.3 Å². The van der Waals surface area contributed by atoms with Gasteiger partial charge in [0.05, 0.1) is 0 Å². The Balaban J connectivity index is 4.14. The van der Waals surface area contributed by atoms with Crippen molar-refractivity contribution in [3.63, 3.8) is 0 Å². The second-order valence-electron chi connectivity index (χ2n) is 4.21. The van der Waals surface area contributed by atoms with Gasteiger partial charge in [-0.05, 0) is 25.9 Å². The van der Waals surface area contributed by atoms with Gasteiger partial charge in [0.15, 0.2) is 0 Å². The summed E-state index contributed by atoms with van der Waals surface area (Å²) in [6.45, 7) is 0.843. The fraction of sp³-hybridized carbons (Fsp3) is 1.00. The fourth-order valence-electron chi connectivity index (χ4n) is 1.54. The van der Waals surface area contributed by atoms with Crippen molar-refractivity contribution in [1.82, 2.24) is 4.90 Å². The van der Waals surface area contributed by atoms with E-state index in [-0.39, 0.29) is 6.54 Å². The van der Waals surface area contributed by atoms with E-state index in [9.17, 15) is 9.13 Å². The van der Waals surface area contributed by atoms with Crippen LogP contribution >= 0.6 is 15.2 Å². The van der Waals surface area contributed by atoms with Crippen molar-refractivity contribution in [1.29, 1.82) is 0 Å². The molecule has 0 heterocycles. The highest BCUT2D eigenvalue weighted by Crippen LogP contribution is 2.40. The lowest BCUT2D eigenvalue weighted by Gasteiger charge is -2.22. The third kappa shape index (κ3) is 12.7. The maximum Gasteiger partial charge on any atom is 0.339 e. The molecule has 0 aliphatic heterocycles. The van der Waals surface area contributed by atoms with Gasteiger partial charge in [-0.15, -0.1) is 0 Å². The lowest BCUT2D eigenvalue weighted by Crippen LogP contribution is -2.27. The molecule has 10 heteroatoms. The Morgan fingerprint density at radius 1 is 0.833 bits per heavy atom. The SMILES string of the molecule is NCCCCCCN(CP(=O)(O)O)CP(=O)(O)O. The van der Waals surface area contributed by atoms with Crippen molar-refractivity contribution in [3.05, 3.63) is 0 Å². The van der Waals surface area contributed by atoms with E-state index in [0.717, 1.165) is 24.2 Å². The molecule has 0 atom stereocenters. The zero-order valence-electron chi connectivity index (χ0n) is 10.2. The molecule has 0 aromatic carbocycles. The van der Waals surface area contributed by atoms with Crippen molar-refractivity contribution in [2.24, 2.45) is 5.73 Å². The van der Waals surface area contributed by atoms with Crippen molar-refractivity contribution in [2.75, 3.05) is 25.7 Å². The summed E-state index contributed by atoms with van der Waals surface area (Å²) in [6, 6.07) is 0. The van der Waals surface area contributed by atoms with Crippen LogP contribution in [0.2, 0.25) is 0 Å². The minimum Gasteiger partial charge on any atom is -0.330 e. The molecular formula is C8H22N2O6P2. The van der Waals surface area contributed by atoms with E-state index in [0.29, 0.717) is 13.0 Å². The molecule has 0 fully saturated rings. The van der Waals surface area contributed by atoms with Crippen molar-refractivity contribution >= 4 is 15.2 Å². The van der Waals surface area contributed by atoms with Gasteiger partial charge in [-0.1, -0.05) is 12.8 Å². The van der Waals surface area contributed by atoms with E-state index in [2.05, 4.69) is 0 Å². The van der Waals surface area contributed by atoms with Gasteiger partial charge in [0, 0.05) is 0 Å². The van der Waals surface area contributed by atoms with Crippen LogP contribution in [0, 0.1) is 0 Å². The monoisotopic (exact) mass is 304 g/mol. The molecule has 8 nitrogen and oxygen atoms in total. The maximum absolute atomic E-state index is 10.8. The van der Waals surface area contributed by atoms with Gasteiger partial charge in [0.1, 0.15) is 12.6 Å². The van der Waals surface area contributed by atoms with Crippen LogP contribution in [0.15, 0.2) is 0 Å². The summed E-state index contributed by atoms with van der Waals surface area (Å²) in [5, 5.41) is 0. The minimum absolute atomic E-state index is 0.251. The highest BCUT2D eigenvalue weighted by atomic mass is 31.2. The summed E-state index contributed by atoms with van der Waals surface area (Å²) in [4.78, 5) is 36.4. The summed E-state index contributed by atoms with van der Waals surface area (Å²) >= 11 is 0. The van der Waals surface area contributed by atoms with Crippen LogP contribution in [0.25, 0.3) is 0 Å². The lowest BCUT2D eigenvalue weighted by atomic mass is 10.2. The Hall–Kier alpha value is 0.220. The third-order valence-electron chi connectivity index (χ3n) is 2.20. The fourth-order valence-corrected chi connectivity index (χ4v) is 3.22. The molecule has 0 radical (unpaired) electrons. The van der Waals surface area contributed by atoms with Gasteiger partial charge in [-0.3, -0.25) is 14.0 Å². The van der Waals surface area contributed by atoms with Crippen LogP contribution in [-0.4, -0.2) is 50.1 Å². The Labute approximate surface area is 106 Å². The molecule has 0 rings (SSSR count). The average molecular weight is 304 g/mol. The third-order valence-corrected chi connectivity index (χ3v) is 3.73. The molecule has 0 spiro atoms. The van der Waals surface area contributed by atoms with Crippen LogP contribution in [0.4, 0.5) is 0 Å². The highest BCUT2D eigenvalue weighted by molar-refractivity contribution is 7.52. The summed E-state index contributed by atoms with van der Waals surface area (Å²) < 4.78 is 21.7. The van der Waals surface area contributed by atoms with Crippen LogP contribution in [0.1, 0.15) is 25.7 Å². The molecule has 0 amide bonds. The maximum atomic E-state index is 10.8. The van der Waals surface area contributed by atoms with E-state index < -0.39 is 27.8 Å². The molecule has 0 aliphatic carbocycles. The van der Waals surface area contributed by atoms with E-state index in [4.69, 9.17) is 25.3 Å². The predicted molar refractivity (Wildman–Crippen MR) is 68.1 cm³/mol.